The molecule has 1 aromatic carbocycles. The monoisotopic (exact) mass is 246 g/mol. The molecule has 1 aliphatic carbocycles. The first-order valence-electron chi connectivity index (χ1n) is 7.10. The fourth-order valence-electron chi connectivity index (χ4n) is 3.67. The Balaban J connectivity index is 2.01. The molecular formula is C15H22N2O. The summed E-state index contributed by atoms with van der Waals surface area (Å²) in [6.07, 6.45) is 6.55. The molecule has 98 valence electrons. The van der Waals surface area contributed by atoms with Crippen LogP contribution in [0.5, 0.6) is 5.75 Å². The number of anilines is 2. The summed E-state index contributed by atoms with van der Waals surface area (Å²) in [4.78, 5) is 2.51. The summed E-state index contributed by atoms with van der Waals surface area (Å²) in [6, 6.07) is 5.66. The van der Waals surface area contributed by atoms with Gasteiger partial charge in [0, 0.05) is 19.2 Å². The summed E-state index contributed by atoms with van der Waals surface area (Å²) in [5.74, 6) is 0.363. The molecule has 1 heterocycles. The van der Waals surface area contributed by atoms with Crippen molar-refractivity contribution in [1.29, 1.82) is 0 Å². The van der Waals surface area contributed by atoms with Crippen molar-refractivity contribution >= 4 is 11.4 Å². The summed E-state index contributed by atoms with van der Waals surface area (Å²) < 4.78 is 0. The van der Waals surface area contributed by atoms with Crippen LogP contribution in [0.1, 0.15) is 39.0 Å². The zero-order chi connectivity index (χ0) is 12.6. The molecule has 2 aliphatic rings. The van der Waals surface area contributed by atoms with Crippen molar-refractivity contribution in [2.24, 2.45) is 0 Å². The number of fused-ring (bicyclic) bond motifs is 1. The van der Waals surface area contributed by atoms with Crippen molar-refractivity contribution in [2.75, 3.05) is 23.3 Å². The minimum Gasteiger partial charge on any atom is -0.508 e. The minimum atomic E-state index is 0.272. The second-order valence-corrected chi connectivity index (χ2v) is 5.58. The van der Waals surface area contributed by atoms with Gasteiger partial charge in [-0.3, -0.25) is 0 Å². The van der Waals surface area contributed by atoms with Gasteiger partial charge in [-0.05, 0) is 31.9 Å². The molecular weight excluding hydrogens is 224 g/mol. The first kappa shape index (κ1) is 11.7. The number of rotatable bonds is 1. The van der Waals surface area contributed by atoms with Crippen LogP contribution in [0.4, 0.5) is 11.4 Å². The van der Waals surface area contributed by atoms with Crippen molar-refractivity contribution in [3.63, 3.8) is 0 Å². The van der Waals surface area contributed by atoms with Crippen LogP contribution in [0.2, 0.25) is 0 Å². The van der Waals surface area contributed by atoms with E-state index in [4.69, 9.17) is 0 Å². The van der Waals surface area contributed by atoms with E-state index in [0.717, 1.165) is 18.8 Å². The standard InChI is InChI=1S/C15H22N2O/c1-2-17-14-10-12(18)6-7-13(14)16-11-15(17)8-4-3-5-9-15/h6-7,10,16,18H,2-5,8-9,11H2,1H3. The number of phenols is 1. The first-order valence-corrected chi connectivity index (χ1v) is 7.10. The zero-order valence-electron chi connectivity index (χ0n) is 11.1. The Hall–Kier alpha value is -1.38. The summed E-state index contributed by atoms with van der Waals surface area (Å²) in [7, 11) is 0. The van der Waals surface area contributed by atoms with Gasteiger partial charge in [0.25, 0.3) is 0 Å². The summed E-state index contributed by atoms with van der Waals surface area (Å²) in [6.45, 7) is 4.27. The van der Waals surface area contributed by atoms with E-state index in [-0.39, 0.29) is 5.54 Å². The highest BCUT2D eigenvalue weighted by Gasteiger charge is 2.40. The van der Waals surface area contributed by atoms with Gasteiger partial charge < -0.3 is 15.3 Å². The molecule has 1 aliphatic heterocycles. The second-order valence-electron chi connectivity index (χ2n) is 5.58. The Bertz CT molecular complexity index is 438. The van der Waals surface area contributed by atoms with E-state index in [1.54, 1.807) is 6.07 Å². The molecule has 0 unspecified atom stereocenters. The van der Waals surface area contributed by atoms with Gasteiger partial charge in [-0.25, -0.2) is 0 Å². The lowest BCUT2D eigenvalue weighted by atomic mass is 9.78. The number of benzene rings is 1. The highest BCUT2D eigenvalue weighted by atomic mass is 16.3. The van der Waals surface area contributed by atoms with Gasteiger partial charge in [0.2, 0.25) is 0 Å². The molecule has 0 aromatic heterocycles. The molecule has 0 bridgehead atoms. The minimum absolute atomic E-state index is 0.272. The van der Waals surface area contributed by atoms with E-state index in [1.807, 2.05) is 12.1 Å². The van der Waals surface area contributed by atoms with E-state index in [1.165, 1.54) is 37.8 Å². The number of nitrogens with zero attached hydrogens (tertiary/aromatic N) is 1. The average molecular weight is 246 g/mol. The van der Waals surface area contributed by atoms with E-state index in [2.05, 4.69) is 17.1 Å². The summed E-state index contributed by atoms with van der Waals surface area (Å²) in [5, 5.41) is 13.3. The summed E-state index contributed by atoms with van der Waals surface area (Å²) in [5.41, 5.74) is 2.60. The zero-order valence-corrected chi connectivity index (χ0v) is 11.1. The Labute approximate surface area is 109 Å². The molecule has 0 radical (unpaired) electrons. The molecule has 1 aromatic rings. The normalized spacial score (nSPS) is 21.5. The number of nitrogens with one attached hydrogen (secondary N) is 1. The maximum Gasteiger partial charge on any atom is 0.117 e. The lowest BCUT2D eigenvalue weighted by Crippen LogP contribution is -2.57. The molecule has 1 saturated carbocycles. The van der Waals surface area contributed by atoms with Gasteiger partial charge in [0.05, 0.1) is 16.9 Å². The maximum atomic E-state index is 9.73. The van der Waals surface area contributed by atoms with Gasteiger partial charge in [-0.1, -0.05) is 19.3 Å². The van der Waals surface area contributed by atoms with E-state index >= 15 is 0 Å². The molecule has 0 atom stereocenters. The molecule has 0 amide bonds. The Morgan fingerprint density at radius 3 is 2.78 bits per heavy atom. The maximum absolute atomic E-state index is 9.73. The molecule has 1 fully saturated rings. The highest BCUT2D eigenvalue weighted by molar-refractivity contribution is 5.75. The topological polar surface area (TPSA) is 35.5 Å². The van der Waals surface area contributed by atoms with Gasteiger partial charge >= 0.3 is 0 Å². The van der Waals surface area contributed by atoms with Crippen molar-refractivity contribution in [3.8, 4) is 5.75 Å². The van der Waals surface area contributed by atoms with Gasteiger partial charge in [0.15, 0.2) is 0 Å². The molecule has 0 saturated heterocycles. The fraction of sp³-hybridized carbons (Fsp3) is 0.600. The smallest absolute Gasteiger partial charge is 0.117 e. The van der Waals surface area contributed by atoms with Crippen LogP contribution in [0.3, 0.4) is 0 Å². The van der Waals surface area contributed by atoms with Crippen molar-refractivity contribution in [1.82, 2.24) is 0 Å². The number of phenolic OH excluding ortho intramolecular Hbond substituents is 1. The molecule has 2 N–H and O–H groups in total. The molecule has 3 nitrogen and oxygen atoms in total. The predicted molar refractivity (Wildman–Crippen MR) is 75.4 cm³/mol. The van der Waals surface area contributed by atoms with Crippen LogP contribution >= 0.6 is 0 Å². The number of aromatic hydroxyl groups is 1. The Kier molecular flexibility index (Phi) is 2.84. The third-order valence-electron chi connectivity index (χ3n) is 4.55. The Morgan fingerprint density at radius 2 is 2.06 bits per heavy atom. The third kappa shape index (κ3) is 1.73. The van der Waals surface area contributed by atoms with Crippen molar-refractivity contribution in [3.05, 3.63) is 18.2 Å². The lowest BCUT2D eigenvalue weighted by Gasteiger charge is -2.51. The van der Waals surface area contributed by atoms with E-state index < -0.39 is 0 Å². The fourth-order valence-corrected chi connectivity index (χ4v) is 3.67. The SMILES string of the molecule is CCN1c2cc(O)ccc2NCC12CCCCC2. The largest absolute Gasteiger partial charge is 0.508 e. The lowest BCUT2D eigenvalue weighted by molar-refractivity contribution is 0.285. The van der Waals surface area contributed by atoms with Crippen LogP contribution in [0, 0.1) is 0 Å². The van der Waals surface area contributed by atoms with Gasteiger partial charge in [-0.15, -0.1) is 0 Å². The van der Waals surface area contributed by atoms with Crippen molar-refractivity contribution < 1.29 is 5.11 Å². The van der Waals surface area contributed by atoms with Gasteiger partial charge in [0.1, 0.15) is 5.75 Å². The van der Waals surface area contributed by atoms with Crippen LogP contribution in [0.25, 0.3) is 0 Å². The quantitative estimate of drug-likeness (QED) is 0.746. The van der Waals surface area contributed by atoms with E-state index in [9.17, 15) is 5.11 Å². The van der Waals surface area contributed by atoms with Crippen molar-refractivity contribution in [2.45, 2.75) is 44.6 Å². The van der Waals surface area contributed by atoms with Crippen LogP contribution < -0.4 is 10.2 Å². The molecule has 3 heteroatoms. The molecule has 3 rings (SSSR count). The molecule has 1 spiro atoms. The summed E-state index contributed by atoms with van der Waals surface area (Å²) >= 11 is 0. The van der Waals surface area contributed by atoms with E-state index in [0.29, 0.717) is 5.75 Å². The van der Waals surface area contributed by atoms with Crippen LogP contribution in [-0.4, -0.2) is 23.7 Å². The number of likely N-dealkylation sites (N-methyl/N-ethyl adjacent to an activating group) is 1. The number of hydrogen-bond acceptors (Lipinski definition) is 3. The average Bonchev–Trinajstić information content (AvgIpc) is 2.39. The van der Waals surface area contributed by atoms with Gasteiger partial charge in [-0.2, -0.15) is 0 Å². The molecule has 18 heavy (non-hydrogen) atoms. The number of hydrogen-bond donors (Lipinski definition) is 2. The Morgan fingerprint density at radius 1 is 1.28 bits per heavy atom. The third-order valence-corrected chi connectivity index (χ3v) is 4.55. The van der Waals surface area contributed by atoms with Crippen LogP contribution in [0.15, 0.2) is 18.2 Å². The second kappa shape index (κ2) is 4.38. The highest BCUT2D eigenvalue weighted by Crippen LogP contribution is 2.44. The van der Waals surface area contributed by atoms with Crippen LogP contribution in [-0.2, 0) is 0 Å². The first-order chi connectivity index (χ1) is 8.75. The predicted octanol–water partition coefficient (Wildman–Crippen LogP) is 3.35.